The SMILES string of the molecule is CC(=O)C/C(=C/C(=O)OC1CC(C)(C)C(/C=C/C(C)=C/C=C/C(C)=C/C=C/C=C(C)/C=C/C=C(C)/C=C/C2=C(C)C(=O)C(OC(=O)/C=C(/CC(=O)O)C(=O)O)CC2(C)C)=C(C)C1=O)C(=O)O. The molecule has 2 rings (SSSR count). The van der Waals surface area contributed by atoms with E-state index in [0.29, 0.717) is 17.2 Å². The molecule has 0 aromatic carbocycles. The van der Waals surface area contributed by atoms with Crippen LogP contribution in [0.1, 0.15) is 102 Å². The quantitative estimate of drug-likeness (QED) is 0.0590. The highest BCUT2D eigenvalue weighted by molar-refractivity contribution is 6.05. The molecule has 0 bridgehead atoms. The summed E-state index contributed by atoms with van der Waals surface area (Å²) >= 11 is 0. The summed E-state index contributed by atoms with van der Waals surface area (Å²) in [5.74, 6) is -7.66. The van der Waals surface area contributed by atoms with Gasteiger partial charge in [0.05, 0.1) is 17.6 Å². The fourth-order valence-corrected chi connectivity index (χ4v) is 7.20. The fourth-order valence-electron chi connectivity index (χ4n) is 7.20. The van der Waals surface area contributed by atoms with Crippen molar-refractivity contribution in [1.82, 2.24) is 0 Å². The monoisotopic (exact) mass is 906 g/mol. The van der Waals surface area contributed by atoms with E-state index in [2.05, 4.69) is 0 Å². The minimum Gasteiger partial charge on any atom is -0.481 e. The number of rotatable bonds is 20. The molecule has 2 aliphatic carbocycles. The molecule has 2 aliphatic rings. The first-order chi connectivity index (χ1) is 30.6. The molecular formula is C53H62O13. The number of aliphatic carboxylic acids is 3. The van der Waals surface area contributed by atoms with Crippen LogP contribution in [0.2, 0.25) is 0 Å². The molecule has 0 fully saturated rings. The van der Waals surface area contributed by atoms with Gasteiger partial charge in [-0.1, -0.05) is 135 Å². The van der Waals surface area contributed by atoms with Crippen LogP contribution in [0.3, 0.4) is 0 Å². The van der Waals surface area contributed by atoms with E-state index < -0.39 is 88.4 Å². The Labute approximate surface area is 387 Å². The van der Waals surface area contributed by atoms with E-state index in [0.717, 1.165) is 39.5 Å². The van der Waals surface area contributed by atoms with Crippen molar-refractivity contribution < 1.29 is 63.1 Å². The molecule has 0 spiro atoms. The topological polar surface area (TPSA) is 216 Å². The highest BCUT2D eigenvalue weighted by Gasteiger charge is 2.41. The molecule has 0 heterocycles. The summed E-state index contributed by atoms with van der Waals surface area (Å²) in [5.41, 5.74) is 4.16. The molecule has 13 nitrogen and oxygen atoms in total. The minimum atomic E-state index is -1.56. The van der Waals surface area contributed by atoms with Crippen molar-refractivity contribution in [2.75, 3.05) is 0 Å². The van der Waals surface area contributed by atoms with Gasteiger partial charge in [-0.3, -0.25) is 19.2 Å². The average molecular weight is 907 g/mol. The molecule has 0 aromatic rings. The summed E-state index contributed by atoms with van der Waals surface area (Å²) in [6.45, 7) is 20.0. The van der Waals surface area contributed by atoms with E-state index in [9.17, 15) is 48.6 Å². The number of ether oxygens (including phenoxy) is 2. The number of ketones is 3. The zero-order valence-electron chi connectivity index (χ0n) is 39.6. The van der Waals surface area contributed by atoms with E-state index in [1.165, 1.54) is 6.92 Å². The standard InChI is InChI=1S/C53H62O13/c1-32(18-14-20-34(3)22-24-41-37(6)48(59)43(30-52(41,8)9)65-46(57)28-39(50(61)62)26-36(5)54)16-12-13-17-33(2)19-15-21-35(4)23-25-42-38(7)49(60)44(31-53(42,10)11)66-47(58)29-40(51(63)64)27-45(55)56/h12-25,28-29,43-44H,26-27,30-31H2,1-11H3,(H,55,56)(H,61,62)(H,63,64)/b13-12+,18-14+,19-15+,24-22+,25-23+,32-16+,33-17+,34-20+,35-21+,39-28-,40-29-. The summed E-state index contributed by atoms with van der Waals surface area (Å²) in [4.78, 5) is 96.3. The molecule has 13 heteroatoms. The third-order valence-electron chi connectivity index (χ3n) is 10.7. The van der Waals surface area contributed by atoms with Gasteiger partial charge in [0.1, 0.15) is 5.78 Å². The molecule has 2 atom stereocenters. The molecule has 352 valence electrons. The Morgan fingerprint density at radius 2 is 0.879 bits per heavy atom. The molecule has 3 N–H and O–H groups in total. The first-order valence-electron chi connectivity index (χ1n) is 21.2. The van der Waals surface area contributed by atoms with Gasteiger partial charge < -0.3 is 24.8 Å². The maximum Gasteiger partial charge on any atom is 0.332 e. The number of Topliss-reactive ketones (excluding diaryl/α,β-unsaturated/α-hetero) is 3. The maximum atomic E-state index is 13.2. The van der Waals surface area contributed by atoms with Crippen LogP contribution in [0, 0.1) is 10.8 Å². The number of carboxylic acids is 3. The Bertz CT molecular complexity index is 2240. The second kappa shape index (κ2) is 24.9. The maximum absolute atomic E-state index is 13.2. The van der Waals surface area contributed by atoms with Crippen molar-refractivity contribution in [3.8, 4) is 0 Å². The first kappa shape index (κ1) is 55.1. The molecule has 66 heavy (non-hydrogen) atoms. The van der Waals surface area contributed by atoms with Crippen LogP contribution < -0.4 is 0 Å². The van der Waals surface area contributed by atoms with Crippen LogP contribution in [0.25, 0.3) is 0 Å². The highest BCUT2D eigenvalue weighted by atomic mass is 16.6. The second-order valence-corrected chi connectivity index (χ2v) is 17.6. The lowest BCUT2D eigenvalue weighted by Gasteiger charge is -2.36. The normalized spacial score (nSPS) is 20.4. The number of allylic oxidation sites excluding steroid dienone is 20. The van der Waals surface area contributed by atoms with Crippen molar-refractivity contribution in [1.29, 1.82) is 0 Å². The minimum absolute atomic E-state index is 0.158. The predicted molar refractivity (Wildman–Crippen MR) is 252 cm³/mol. The zero-order chi connectivity index (χ0) is 50.1. The van der Waals surface area contributed by atoms with Crippen molar-refractivity contribution in [2.45, 2.75) is 114 Å². The van der Waals surface area contributed by atoms with Crippen LogP contribution >= 0.6 is 0 Å². The number of hydrogen-bond acceptors (Lipinski definition) is 10. The lowest BCUT2D eigenvalue weighted by molar-refractivity contribution is -0.151. The molecule has 0 aliphatic heterocycles. The molecule has 0 saturated carbocycles. The van der Waals surface area contributed by atoms with Crippen molar-refractivity contribution >= 4 is 47.2 Å². The van der Waals surface area contributed by atoms with Crippen molar-refractivity contribution in [3.05, 3.63) is 153 Å². The molecule has 2 unspecified atom stereocenters. The van der Waals surface area contributed by atoms with Gasteiger partial charge >= 0.3 is 29.8 Å². The lowest BCUT2D eigenvalue weighted by Crippen LogP contribution is -2.38. The molecule has 0 amide bonds. The molecule has 0 saturated heterocycles. The highest BCUT2D eigenvalue weighted by Crippen LogP contribution is 2.42. The Morgan fingerprint density at radius 3 is 1.21 bits per heavy atom. The van der Waals surface area contributed by atoms with E-state index >= 15 is 0 Å². The van der Waals surface area contributed by atoms with Crippen LogP contribution in [-0.4, -0.2) is 74.7 Å². The van der Waals surface area contributed by atoms with Gasteiger partial charge in [-0.2, -0.15) is 0 Å². The molecule has 0 radical (unpaired) electrons. The fraction of sp³-hybridized carbons (Fsp3) is 0.358. The third-order valence-corrected chi connectivity index (χ3v) is 10.7. The lowest BCUT2D eigenvalue weighted by atomic mass is 9.71. The number of carbonyl (C=O) groups is 8. The number of hydrogen-bond donors (Lipinski definition) is 3. The van der Waals surface area contributed by atoms with Crippen molar-refractivity contribution in [2.24, 2.45) is 10.8 Å². The van der Waals surface area contributed by atoms with Crippen LogP contribution in [0.5, 0.6) is 0 Å². The number of esters is 2. The van der Waals surface area contributed by atoms with E-state index in [1.807, 2.05) is 140 Å². The second-order valence-electron chi connectivity index (χ2n) is 17.6. The van der Waals surface area contributed by atoms with E-state index in [1.54, 1.807) is 13.8 Å². The van der Waals surface area contributed by atoms with Gasteiger partial charge in [-0.05, 0) is 81.6 Å². The van der Waals surface area contributed by atoms with Gasteiger partial charge in [0.15, 0.2) is 23.8 Å². The summed E-state index contributed by atoms with van der Waals surface area (Å²) in [7, 11) is 0. The predicted octanol–water partition coefficient (Wildman–Crippen LogP) is 9.48. The average Bonchev–Trinajstić information content (AvgIpc) is 3.19. The Kier molecular flexibility index (Phi) is 20.8. The van der Waals surface area contributed by atoms with Gasteiger partial charge in [0.2, 0.25) is 0 Å². The Balaban J connectivity index is 2.03. The summed E-state index contributed by atoms with van der Waals surface area (Å²) in [6.07, 6.45) is 25.2. The van der Waals surface area contributed by atoms with Crippen LogP contribution in [0.15, 0.2) is 153 Å². The van der Waals surface area contributed by atoms with E-state index in [4.69, 9.17) is 14.6 Å². The van der Waals surface area contributed by atoms with Gasteiger partial charge in [-0.15, -0.1) is 0 Å². The zero-order valence-corrected chi connectivity index (χ0v) is 39.6. The Morgan fingerprint density at radius 1 is 0.545 bits per heavy atom. The van der Waals surface area contributed by atoms with Gasteiger partial charge in [-0.25, -0.2) is 19.2 Å². The largest absolute Gasteiger partial charge is 0.481 e. The smallest absolute Gasteiger partial charge is 0.332 e. The summed E-state index contributed by atoms with van der Waals surface area (Å²) in [5, 5.41) is 27.4. The first-order valence-corrected chi connectivity index (χ1v) is 21.2. The van der Waals surface area contributed by atoms with Crippen LogP contribution in [-0.2, 0) is 47.8 Å². The molecule has 0 aromatic heterocycles. The van der Waals surface area contributed by atoms with Gasteiger partial charge in [0.25, 0.3) is 0 Å². The number of carbonyl (C=O) groups excluding carboxylic acids is 5. The number of carboxylic acid groups (broad SMARTS) is 3. The summed E-state index contributed by atoms with van der Waals surface area (Å²) < 4.78 is 10.7. The van der Waals surface area contributed by atoms with Gasteiger partial charge in [0, 0.05) is 31.4 Å². The third kappa shape index (κ3) is 17.9. The van der Waals surface area contributed by atoms with E-state index in [-0.39, 0.29) is 18.6 Å². The Hall–Kier alpha value is -7.02. The summed E-state index contributed by atoms with van der Waals surface area (Å²) in [6, 6.07) is 0. The van der Waals surface area contributed by atoms with Crippen LogP contribution in [0.4, 0.5) is 0 Å². The van der Waals surface area contributed by atoms with Crippen molar-refractivity contribution in [3.63, 3.8) is 0 Å². The molecular weight excluding hydrogens is 845 g/mol.